The number of rotatable bonds is 6. The minimum absolute atomic E-state index is 0.505. The lowest BCUT2D eigenvalue weighted by atomic mass is 10.3. The molecule has 1 fully saturated rings. The van der Waals surface area contributed by atoms with Crippen LogP contribution in [0.2, 0.25) is 0 Å². The van der Waals surface area contributed by atoms with Crippen molar-refractivity contribution in [3.05, 3.63) is 17.8 Å². The molecule has 2 rings (SSSR count). The SMILES string of the molecule is CCCNCc1ccc(N2CCSCC2S(C)(=O)=O)nn1. The molecule has 1 aromatic heterocycles. The first-order valence-electron chi connectivity index (χ1n) is 7.09. The van der Waals surface area contributed by atoms with Crippen LogP contribution in [0.25, 0.3) is 0 Å². The van der Waals surface area contributed by atoms with E-state index in [9.17, 15) is 8.42 Å². The molecule has 0 radical (unpaired) electrons. The van der Waals surface area contributed by atoms with Crippen molar-refractivity contribution in [1.29, 1.82) is 0 Å². The maximum Gasteiger partial charge on any atom is 0.169 e. The summed E-state index contributed by atoms with van der Waals surface area (Å²) in [6.45, 7) is 4.43. The summed E-state index contributed by atoms with van der Waals surface area (Å²) in [5.74, 6) is 2.14. The van der Waals surface area contributed by atoms with Gasteiger partial charge in [-0.3, -0.25) is 0 Å². The summed E-state index contributed by atoms with van der Waals surface area (Å²) in [6.07, 6.45) is 2.36. The molecule has 0 saturated carbocycles. The topological polar surface area (TPSA) is 75.2 Å². The van der Waals surface area contributed by atoms with Crippen molar-refractivity contribution in [3.63, 3.8) is 0 Å². The molecule has 0 aromatic carbocycles. The second kappa shape index (κ2) is 7.42. The van der Waals surface area contributed by atoms with Gasteiger partial charge in [-0.1, -0.05) is 6.92 Å². The van der Waals surface area contributed by atoms with Crippen LogP contribution in [0.3, 0.4) is 0 Å². The Bertz CT molecular complexity index is 548. The second-order valence-corrected chi connectivity index (χ2v) is 8.47. The summed E-state index contributed by atoms with van der Waals surface area (Å²) in [5.41, 5.74) is 0.870. The van der Waals surface area contributed by atoms with Gasteiger partial charge in [0, 0.05) is 30.9 Å². The third-order valence-corrected chi connectivity index (χ3v) is 5.95. The van der Waals surface area contributed by atoms with Crippen molar-refractivity contribution in [2.45, 2.75) is 25.3 Å². The van der Waals surface area contributed by atoms with Crippen LogP contribution in [0.15, 0.2) is 12.1 Å². The fourth-order valence-electron chi connectivity index (χ4n) is 2.19. The molecule has 2 heterocycles. The Balaban J connectivity index is 2.09. The molecule has 0 amide bonds. The highest BCUT2D eigenvalue weighted by Gasteiger charge is 2.31. The summed E-state index contributed by atoms with van der Waals surface area (Å²) in [6, 6.07) is 3.77. The summed E-state index contributed by atoms with van der Waals surface area (Å²) in [4.78, 5) is 1.85. The number of nitrogens with zero attached hydrogens (tertiary/aromatic N) is 3. The maximum atomic E-state index is 11.9. The van der Waals surface area contributed by atoms with Crippen LogP contribution in [0.1, 0.15) is 19.0 Å². The van der Waals surface area contributed by atoms with Gasteiger partial charge >= 0.3 is 0 Å². The number of nitrogens with one attached hydrogen (secondary N) is 1. The highest BCUT2D eigenvalue weighted by atomic mass is 32.2. The van der Waals surface area contributed by atoms with E-state index in [-0.39, 0.29) is 0 Å². The summed E-state index contributed by atoms with van der Waals surface area (Å²) in [7, 11) is -3.13. The van der Waals surface area contributed by atoms with Crippen LogP contribution in [-0.4, -0.2) is 54.8 Å². The van der Waals surface area contributed by atoms with Gasteiger partial charge in [0.2, 0.25) is 0 Å². The third-order valence-electron chi connectivity index (χ3n) is 3.31. The summed E-state index contributed by atoms with van der Waals surface area (Å²) < 4.78 is 23.8. The number of hydrogen-bond donors (Lipinski definition) is 1. The molecule has 1 aliphatic rings. The molecule has 0 aliphatic carbocycles. The Morgan fingerprint density at radius 2 is 2.24 bits per heavy atom. The number of anilines is 1. The van der Waals surface area contributed by atoms with Crippen molar-refractivity contribution in [2.75, 3.05) is 35.8 Å². The Hall–Kier alpha value is -0.860. The van der Waals surface area contributed by atoms with E-state index in [1.165, 1.54) is 6.26 Å². The van der Waals surface area contributed by atoms with Gasteiger partial charge in [0.1, 0.15) is 5.37 Å². The molecule has 1 aliphatic heterocycles. The minimum Gasteiger partial charge on any atom is -0.337 e. The van der Waals surface area contributed by atoms with Gasteiger partial charge in [-0.05, 0) is 25.1 Å². The highest BCUT2D eigenvalue weighted by Crippen LogP contribution is 2.24. The van der Waals surface area contributed by atoms with Gasteiger partial charge in [0.15, 0.2) is 15.7 Å². The number of aromatic nitrogens is 2. The average Bonchev–Trinajstić information content (AvgIpc) is 2.47. The normalized spacial score (nSPS) is 19.7. The van der Waals surface area contributed by atoms with Gasteiger partial charge < -0.3 is 10.2 Å². The van der Waals surface area contributed by atoms with Gasteiger partial charge in [-0.2, -0.15) is 16.9 Å². The van der Waals surface area contributed by atoms with Crippen molar-refractivity contribution in [3.8, 4) is 0 Å². The molecule has 1 saturated heterocycles. The predicted molar refractivity (Wildman–Crippen MR) is 87.3 cm³/mol. The fourth-order valence-corrected chi connectivity index (χ4v) is 5.02. The first kappa shape index (κ1) is 16.5. The van der Waals surface area contributed by atoms with E-state index in [1.807, 2.05) is 17.0 Å². The van der Waals surface area contributed by atoms with Crippen LogP contribution in [0, 0.1) is 0 Å². The Kier molecular flexibility index (Phi) is 5.83. The molecule has 21 heavy (non-hydrogen) atoms. The zero-order valence-electron chi connectivity index (χ0n) is 12.4. The highest BCUT2D eigenvalue weighted by molar-refractivity contribution is 8.01. The molecule has 0 bridgehead atoms. The predicted octanol–water partition coefficient (Wildman–Crippen LogP) is 0.900. The van der Waals surface area contributed by atoms with Crippen LogP contribution in [-0.2, 0) is 16.4 Å². The smallest absolute Gasteiger partial charge is 0.169 e. The van der Waals surface area contributed by atoms with Crippen molar-refractivity contribution in [2.24, 2.45) is 0 Å². The standard InChI is InChI=1S/C13H22N4O2S2/c1-3-6-14-9-11-4-5-12(16-15-11)17-7-8-20-10-13(17)21(2,18)19/h4-5,13-14H,3,6-10H2,1-2H3. The number of hydrogen-bond acceptors (Lipinski definition) is 7. The quantitative estimate of drug-likeness (QED) is 0.777. The molecule has 1 N–H and O–H groups in total. The van der Waals surface area contributed by atoms with Crippen LogP contribution in [0.4, 0.5) is 5.82 Å². The average molecular weight is 330 g/mol. The first-order valence-corrected chi connectivity index (χ1v) is 10.2. The second-order valence-electron chi connectivity index (χ2n) is 5.11. The molecule has 1 unspecified atom stereocenters. The van der Waals surface area contributed by atoms with E-state index >= 15 is 0 Å². The molecule has 118 valence electrons. The van der Waals surface area contributed by atoms with Crippen molar-refractivity contribution < 1.29 is 8.42 Å². The van der Waals surface area contributed by atoms with E-state index < -0.39 is 15.2 Å². The zero-order chi connectivity index (χ0) is 15.3. The molecule has 1 aromatic rings. The number of sulfone groups is 1. The number of thioether (sulfide) groups is 1. The maximum absolute atomic E-state index is 11.9. The molecular weight excluding hydrogens is 308 g/mol. The third kappa shape index (κ3) is 4.55. The summed E-state index contributed by atoms with van der Waals surface area (Å²) >= 11 is 1.67. The van der Waals surface area contributed by atoms with Gasteiger partial charge in [0.25, 0.3) is 0 Å². The lowest BCUT2D eigenvalue weighted by Crippen LogP contribution is -2.47. The van der Waals surface area contributed by atoms with E-state index in [2.05, 4.69) is 22.4 Å². The Morgan fingerprint density at radius 3 is 2.86 bits per heavy atom. The van der Waals surface area contributed by atoms with E-state index in [4.69, 9.17) is 0 Å². The largest absolute Gasteiger partial charge is 0.337 e. The van der Waals surface area contributed by atoms with Gasteiger partial charge in [0.05, 0.1) is 5.69 Å². The van der Waals surface area contributed by atoms with Crippen molar-refractivity contribution >= 4 is 27.4 Å². The molecule has 6 nitrogen and oxygen atoms in total. The summed E-state index contributed by atoms with van der Waals surface area (Å²) in [5, 5.41) is 11.2. The lowest BCUT2D eigenvalue weighted by Gasteiger charge is -2.34. The monoisotopic (exact) mass is 330 g/mol. The van der Waals surface area contributed by atoms with Crippen molar-refractivity contribution in [1.82, 2.24) is 15.5 Å². The van der Waals surface area contributed by atoms with Crippen LogP contribution in [0.5, 0.6) is 0 Å². The minimum atomic E-state index is -3.13. The fraction of sp³-hybridized carbons (Fsp3) is 0.692. The van der Waals surface area contributed by atoms with E-state index in [1.54, 1.807) is 11.8 Å². The molecule has 0 spiro atoms. The first-order chi connectivity index (χ1) is 10.0. The van der Waals surface area contributed by atoms with Crippen LogP contribution < -0.4 is 10.2 Å². The van der Waals surface area contributed by atoms with Gasteiger partial charge in [-0.25, -0.2) is 8.42 Å². The zero-order valence-corrected chi connectivity index (χ0v) is 14.1. The molecule has 8 heteroatoms. The Morgan fingerprint density at radius 1 is 1.43 bits per heavy atom. The van der Waals surface area contributed by atoms with E-state index in [0.717, 1.165) is 24.4 Å². The van der Waals surface area contributed by atoms with Crippen LogP contribution >= 0.6 is 11.8 Å². The van der Waals surface area contributed by atoms with Gasteiger partial charge in [-0.15, -0.1) is 5.10 Å². The van der Waals surface area contributed by atoms with E-state index in [0.29, 0.717) is 24.7 Å². The molecule has 1 atom stereocenters. The Labute approximate surface area is 130 Å². The molecular formula is C13H22N4O2S2. The lowest BCUT2D eigenvalue weighted by molar-refractivity contribution is 0.583.